The summed E-state index contributed by atoms with van der Waals surface area (Å²) < 4.78 is 5.68. The van der Waals surface area contributed by atoms with E-state index in [0.29, 0.717) is 30.8 Å². The molecule has 0 aliphatic heterocycles. The van der Waals surface area contributed by atoms with Gasteiger partial charge in [0, 0.05) is 29.6 Å². The summed E-state index contributed by atoms with van der Waals surface area (Å²) in [5.41, 5.74) is 1.44. The maximum atomic E-state index is 12.2. The van der Waals surface area contributed by atoms with E-state index in [2.05, 4.69) is 10.3 Å². The van der Waals surface area contributed by atoms with Gasteiger partial charge in [0.05, 0.1) is 5.92 Å². The quantitative estimate of drug-likeness (QED) is 0.850. The van der Waals surface area contributed by atoms with Crippen molar-refractivity contribution in [2.24, 2.45) is 5.92 Å². The van der Waals surface area contributed by atoms with Gasteiger partial charge in [0.15, 0.2) is 0 Å². The molecule has 1 fully saturated rings. The summed E-state index contributed by atoms with van der Waals surface area (Å²) in [5.74, 6) is -0.755. The molecule has 1 aromatic carbocycles. The Morgan fingerprint density at radius 2 is 2.08 bits per heavy atom. The number of carboxylic acid groups (broad SMARTS) is 1. The maximum absolute atomic E-state index is 12.2. The fraction of sp³-hybridized carbons (Fsp3) is 0.278. The molecule has 1 aromatic heterocycles. The predicted molar refractivity (Wildman–Crippen MR) is 86.6 cm³/mol. The Kier molecular flexibility index (Phi) is 4.74. The minimum absolute atomic E-state index is 0.0708. The molecular formula is C18H18N2O4. The van der Waals surface area contributed by atoms with Crippen molar-refractivity contribution in [2.45, 2.75) is 25.5 Å². The number of hydrogen-bond acceptors (Lipinski definition) is 4. The Hall–Kier alpha value is -2.89. The van der Waals surface area contributed by atoms with Crippen LogP contribution >= 0.6 is 0 Å². The lowest BCUT2D eigenvalue weighted by Gasteiger charge is -2.32. The van der Waals surface area contributed by atoms with Crippen molar-refractivity contribution in [3.8, 4) is 5.75 Å². The Morgan fingerprint density at radius 1 is 1.25 bits per heavy atom. The molecule has 0 unspecified atom stereocenters. The van der Waals surface area contributed by atoms with Crippen molar-refractivity contribution in [2.75, 3.05) is 0 Å². The van der Waals surface area contributed by atoms with Crippen molar-refractivity contribution >= 4 is 11.9 Å². The Balaban J connectivity index is 1.55. The van der Waals surface area contributed by atoms with E-state index in [0.717, 1.165) is 5.56 Å². The third-order valence-electron chi connectivity index (χ3n) is 4.05. The normalized spacial score (nSPS) is 19.2. The van der Waals surface area contributed by atoms with Gasteiger partial charge in [-0.05, 0) is 37.1 Å². The van der Waals surface area contributed by atoms with Gasteiger partial charge in [-0.2, -0.15) is 0 Å². The molecule has 0 spiro atoms. The van der Waals surface area contributed by atoms with E-state index in [1.54, 1.807) is 36.7 Å². The summed E-state index contributed by atoms with van der Waals surface area (Å²) in [6.45, 7) is 0.377. The van der Waals surface area contributed by atoms with Crippen LogP contribution < -0.4 is 10.1 Å². The number of amides is 1. The number of benzene rings is 1. The number of hydrogen-bond donors (Lipinski definition) is 2. The van der Waals surface area contributed by atoms with Crippen LogP contribution in [0.3, 0.4) is 0 Å². The number of nitrogens with one attached hydrogen (secondary N) is 1. The van der Waals surface area contributed by atoms with E-state index in [1.165, 1.54) is 0 Å². The molecule has 124 valence electrons. The van der Waals surface area contributed by atoms with E-state index in [1.807, 2.05) is 12.1 Å². The monoisotopic (exact) mass is 326 g/mol. The molecule has 0 radical (unpaired) electrons. The number of aromatic nitrogens is 1. The zero-order valence-electron chi connectivity index (χ0n) is 13.0. The third-order valence-corrected chi connectivity index (χ3v) is 4.05. The topological polar surface area (TPSA) is 88.5 Å². The number of carbonyl (C=O) groups excluding carboxylic acids is 1. The van der Waals surface area contributed by atoms with E-state index in [4.69, 9.17) is 9.84 Å². The summed E-state index contributed by atoms with van der Waals surface area (Å²) >= 11 is 0. The van der Waals surface area contributed by atoms with Gasteiger partial charge < -0.3 is 15.2 Å². The average molecular weight is 326 g/mol. The summed E-state index contributed by atoms with van der Waals surface area (Å²) in [6.07, 6.45) is 4.40. The maximum Gasteiger partial charge on any atom is 0.306 e. The first kappa shape index (κ1) is 16.0. The molecule has 0 bridgehead atoms. The molecule has 1 amide bonds. The molecule has 24 heavy (non-hydrogen) atoms. The Morgan fingerprint density at radius 3 is 2.79 bits per heavy atom. The van der Waals surface area contributed by atoms with Gasteiger partial charge in [-0.3, -0.25) is 14.6 Å². The molecule has 1 heterocycles. The zero-order valence-corrected chi connectivity index (χ0v) is 13.0. The van der Waals surface area contributed by atoms with Gasteiger partial charge in [0.1, 0.15) is 12.4 Å². The lowest BCUT2D eigenvalue weighted by Crippen LogP contribution is -2.46. The fourth-order valence-electron chi connectivity index (χ4n) is 2.58. The molecule has 2 N–H and O–H groups in total. The number of pyridine rings is 1. The standard InChI is InChI=1S/C18H18N2O4/c21-17(20-15-7-14(8-15)18(22)23)13-4-1-5-16(9-13)24-11-12-3-2-6-19-10-12/h1-6,9-10,14-15H,7-8,11H2,(H,20,21)(H,22,23). The van der Waals surface area contributed by atoms with Gasteiger partial charge in [-0.1, -0.05) is 12.1 Å². The van der Waals surface area contributed by atoms with E-state index < -0.39 is 5.97 Å². The highest BCUT2D eigenvalue weighted by Crippen LogP contribution is 2.27. The highest BCUT2D eigenvalue weighted by molar-refractivity contribution is 5.95. The lowest BCUT2D eigenvalue weighted by atomic mass is 9.80. The van der Waals surface area contributed by atoms with Gasteiger partial charge >= 0.3 is 5.97 Å². The molecular weight excluding hydrogens is 308 g/mol. The third kappa shape index (κ3) is 3.90. The molecule has 1 aliphatic rings. The summed E-state index contributed by atoms with van der Waals surface area (Å²) in [4.78, 5) is 27.0. The summed E-state index contributed by atoms with van der Waals surface area (Å²) in [7, 11) is 0. The molecule has 3 rings (SSSR count). The lowest BCUT2D eigenvalue weighted by molar-refractivity contribution is -0.145. The summed E-state index contributed by atoms with van der Waals surface area (Å²) in [5, 5.41) is 11.7. The van der Waals surface area contributed by atoms with Crippen LogP contribution in [0.5, 0.6) is 5.75 Å². The Labute approximate surface area is 139 Å². The van der Waals surface area contributed by atoms with Gasteiger partial charge in [-0.15, -0.1) is 0 Å². The van der Waals surface area contributed by atoms with Gasteiger partial charge in [-0.25, -0.2) is 0 Å². The van der Waals surface area contributed by atoms with Crippen LogP contribution in [0.2, 0.25) is 0 Å². The van der Waals surface area contributed by atoms with Crippen LogP contribution in [0.4, 0.5) is 0 Å². The number of ether oxygens (including phenoxy) is 1. The van der Waals surface area contributed by atoms with Crippen molar-refractivity contribution in [3.63, 3.8) is 0 Å². The number of carbonyl (C=O) groups is 2. The SMILES string of the molecule is O=C(NC1CC(C(=O)O)C1)c1cccc(OCc2cccnc2)c1. The van der Waals surface area contributed by atoms with Crippen LogP contribution in [-0.4, -0.2) is 28.0 Å². The number of nitrogens with zero attached hydrogens (tertiary/aromatic N) is 1. The molecule has 6 heteroatoms. The van der Waals surface area contributed by atoms with Gasteiger partial charge in [0.25, 0.3) is 5.91 Å². The molecule has 0 saturated heterocycles. The van der Waals surface area contributed by atoms with Crippen molar-refractivity contribution < 1.29 is 19.4 Å². The predicted octanol–water partition coefficient (Wildman–Crippen LogP) is 2.25. The summed E-state index contributed by atoms with van der Waals surface area (Å²) in [6, 6.07) is 10.6. The molecule has 1 saturated carbocycles. The number of carboxylic acids is 1. The number of rotatable bonds is 6. The second-order valence-corrected chi connectivity index (χ2v) is 5.85. The molecule has 0 atom stereocenters. The van der Waals surface area contributed by atoms with E-state index >= 15 is 0 Å². The van der Waals surface area contributed by atoms with Crippen molar-refractivity contribution in [1.82, 2.24) is 10.3 Å². The second kappa shape index (κ2) is 7.12. The molecule has 1 aliphatic carbocycles. The highest BCUT2D eigenvalue weighted by atomic mass is 16.5. The largest absolute Gasteiger partial charge is 0.489 e. The first-order valence-electron chi connectivity index (χ1n) is 7.77. The average Bonchev–Trinajstić information content (AvgIpc) is 2.56. The number of aliphatic carboxylic acids is 1. The minimum atomic E-state index is -0.800. The van der Waals surface area contributed by atoms with E-state index in [9.17, 15) is 9.59 Å². The first-order valence-corrected chi connectivity index (χ1v) is 7.77. The second-order valence-electron chi connectivity index (χ2n) is 5.85. The van der Waals surface area contributed by atoms with Crippen molar-refractivity contribution in [3.05, 3.63) is 59.9 Å². The van der Waals surface area contributed by atoms with E-state index in [-0.39, 0.29) is 17.9 Å². The van der Waals surface area contributed by atoms with Crippen LogP contribution in [-0.2, 0) is 11.4 Å². The zero-order chi connectivity index (χ0) is 16.9. The van der Waals surface area contributed by atoms with Crippen LogP contribution in [0.15, 0.2) is 48.8 Å². The van der Waals surface area contributed by atoms with Crippen molar-refractivity contribution in [1.29, 1.82) is 0 Å². The highest BCUT2D eigenvalue weighted by Gasteiger charge is 2.35. The smallest absolute Gasteiger partial charge is 0.306 e. The first-order chi connectivity index (χ1) is 11.6. The van der Waals surface area contributed by atoms with Crippen LogP contribution in [0.1, 0.15) is 28.8 Å². The van der Waals surface area contributed by atoms with Crippen LogP contribution in [0.25, 0.3) is 0 Å². The fourth-order valence-corrected chi connectivity index (χ4v) is 2.58. The Bertz CT molecular complexity index is 727. The molecule has 2 aromatic rings. The molecule has 6 nitrogen and oxygen atoms in total. The van der Waals surface area contributed by atoms with Crippen LogP contribution in [0, 0.1) is 5.92 Å². The van der Waals surface area contributed by atoms with Gasteiger partial charge in [0.2, 0.25) is 0 Å². The minimum Gasteiger partial charge on any atom is -0.489 e.